The highest BCUT2D eigenvalue weighted by Crippen LogP contribution is 2.26. The van der Waals surface area contributed by atoms with Crippen molar-refractivity contribution >= 4 is 12.2 Å². The fourth-order valence-corrected chi connectivity index (χ4v) is 3.10. The van der Waals surface area contributed by atoms with Crippen LogP contribution < -0.4 is 14.9 Å². The zero-order valence-corrected chi connectivity index (χ0v) is 17.3. The topological polar surface area (TPSA) is 68.6 Å². The van der Waals surface area contributed by atoms with Crippen LogP contribution in [-0.2, 0) is 0 Å². The molecule has 154 valence electrons. The summed E-state index contributed by atoms with van der Waals surface area (Å²) in [5.74, 6) is 1.78. The summed E-state index contributed by atoms with van der Waals surface area (Å²) in [5.41, 5.74) is 7.40. The summed E-state index contributed by atoms with van der Waals surface area (Å²) in [6.07, 6.45) is 1.67. The van der Waals surface area contributed by atoms with Crippen molar-refractivity contribution in [3.63, 3.8) is 0 Å². The fourth-order valence-electron chi connectivity index (χ4n) is 3.10. The summed E-state index contributed by atoms with van der Waals surface area (Å²) in [6, 6.07) is 27.5. The van der Waals surface area contributed by atoms with Gasteiger partial charge in [-0.3, -0.25) is 0 Å². The van der Waals surface area contributed by atoms with E-state index in [1.165, 1.54) is 0 Å². The van der Waals surface area contributed by atoms with Gasteiger partial charge in [-0.05, 0) is 18.2 Å². The second-order valence-electron chi connectivity index (χ2n) is 6.67. The van der Waals surface area contributed by atoms with E-state index in [4.69, 9.17) is 9.47 Å². The first-order valence-corrected chi connectivity index (χ1v) is 9.78. The lowest BCUT2D eigenvalue weighted by molar-refractivity contribution is 0.394. The van der Waals surface area contributed by atoms with Crippen molar-refractivity contribution in [1.82, 2.24) is 9.97 Å². The summed E-state index contributed by atoms with van der Waals surface area (Å²) in [5, 5.41) is 4.32. The van der Waals surface area contributed by atoms with E-state index in [9.17, 15) is 0 Å². The minimum Gasteiger partial charge on any atom is -0.497 e. The van der Waals surface area contributed by atoms with Gasteiger partial charge in [0.15, 0.2) is 0 Å². The zero-order valence-electron chi connectivity index (χ0n) is 17.3. The lowest BCUT2D eigenvalue weighted by Crippen LogP contribution is -2.01. The zero-order chi connectivity index (χ0) is 21.5. The van der Waals surface area contributed by atoms with Crippen molar-refractivity contribution in [1.29, 1.82) is 0 Å². The number of anilines is 1. The number of nitrogens with one attached hydrogen (secondary N) is 1. The fraction of sp³-hybridized carbons (Fsp3) is 0.0800. The van der Waals surface area contributed by atoms with E-state index < -0.39 is 0 Å². The number of ether oxygens (including phenoxy) is 2. The normalized spacial score (nSPS) is 10.8. The number of rotatable bonds is 7. The average Bonchev–Trinajstić information content (AvgIpc) is 2.85. The molecular formula is C25H22N4O2. The first kappa shape index (κ1) is 20.1. The Kier molecular flexibility index (Phi) is 6.18. The molecule has 0 unspecified atom stereocenters. The van der Waals surface area contributed by atoms with Crippen molar-refractivity contribution in [2.45, 2.75) is 0 Å². The monoisotopic (exact) mass is 410 g/mol. The molecule has 0 atom stereocenters. The third-order valence-corrected chi connectivity index (χ3v) is 4.67. The molecule has 3 aromatic carbocycles. The molecule has 6 heteroatoms. The summed E-state index contributed by atoms with van der Waals surface area (Å²) < 4.78 is 10.6. The Morgan fingerprint density at radius 1 is 0.742 bits per heavy atom. The quantitative estimate of drug-likeness (QED) is 0.332. The van der Waals surface area contributed by atoms with Gasteiger partial charge < -0.3 is 9.47 Å². The summed E-state index contributed by atoms with van der Waals surface area (Å²) in [6.45, 7) is 0. The van der Waals surface area contributed by atoms with Crippen LogP contribution in [0.4, 0.5) is 5.95 Å². The molecule has 0 saturated carbocycles. The number of aromatic nitrogens is 2. The molecule has 4 rings (SSSR count). The van der Waals surface area contributed by atoms with E-state index in [2.05, 4.69) is 20.5 Å². The molecule has 1 aromatic heterocycles. The van der Waals surface area contributed by atoms with Crippen LogP contribution in [0.3, 0.4) is 0 Å². The third kappa shape index (κ3) is 4.87. The van der Waals surface area contributed by atoms with Gasteiger partial charge in [-0.15, -0.1) is 0 Å². The molecule has 0 aliphatic rings. The molecule has 31 heavy (non-hydrogen) atoms. The van der Waals surface area contributed by atoms with Crippen molar-refractivity contribution in [3.8, 4) is 34.0 Å². The Labute approximate surface area is 181 Å². The molecule has 0 bridgehead atoms. The van der Waals surface area contributed by atoms with Crippen LogP contribution in [0.25, 0.3) is 22.5 Å². The van der Waals surface area contributed by atoms with Crippen LogP contribution in [0.5, 0.6) is 11.5 Å². The van der Waals surface area contributed by atoms with Crippen molar-refractivity contribution < 1.29 is 9.47 Å². The molecule has 1 heterocycles. The van der Waals surface area contributed by atoms with Crippen LogP contribution in [0.15, 0.2) is 90.0 Å². The highest BCUT2D eigenvalue weighted by molar-refractivity contribution is 5.84. The first-order chi connectivity index (χ1) is 15.3. The van der Waals surface area contributed by atoms with Crippen LogP contribution in [-0.4, -0.2) is 30.4 Å². The summed E-state index contributed by atoms with van der Waals surface area (Å²) >= 11 is 0. The van der Waals surface area contributed by atoms with Gasteiger partial charge in [0.1, 0.15) is 11.5 Å². The Balaban J connectivity index is 1.66. The smallest absolute Gasteiger partial charge is 0.244 e. The van der Waals surface area contributed by atoms with Crippen molar-refractivity contribution in [2.75, 3.05) is 19.6 Å². The summed E-state index contributed by atoms with van der Waals surface area (Å²) in [7, 11) is 3.23. The minimum atomic E-state index is 0.406. The molecular weight excluding hydrogens is 388 g/mol. The first-order valence-electron chi connectivity index (χ1n) is 9.78. The molecule has 1 N–H and O–H groups in total. The number of benzene rings is 3. The Bertz CT molecular complexity index is 1120. The standard InChI is InChI=1S/C25H22N4O2/c1-30-21-14-13-20(24(15-21)31-2)17-26-29-25-27-22(18-9-5-3-6-10-18)16-23(28-25)19-11-7-4-8-12-19/h3-17H,1-2H3,(H,27,28,29)/b26-17-. The van der Waals surface area contributed by atoms with Gasteiger partial charge in [0, 0.05) is 22.8 Å². The second kappa shape index (κ2) is 9.54. The lowest BCUT2D eigenvalue weighted by Gasteiger charge is -2.09. The number of nitrogens with zero attached hydrogens (tertiary/aromatic N) is 3. The molecule has 0 fully saturated rings. The molecule has 0 amide bonds. The highest BCUT2D eigenvalue weighted by Gasteiger charge is 2.08. The van der Waals surface area contributed by atoms with E-state index >= 15 is 0 Å². The summed E-state index contributed by atoms with van der Waals surface area (Å²) in [4.78, 5) is 9.29. The predicted octanol–water partition coefficient (Wildman–Crippen LogP) is 5.27. The number of hydrazone groups is 1. The van der Waals surface area contributed by atoms with E-state index in [-0.39, 0.29) is 0 Å². The lowest BCUT2D eigenvalue weighted by atomic mass is 10.1. The number of hydrogen-bond donors (Lipinski definition) is 1. The highest BCUT2D eigenvalue weighted by atomic mass is 16.5. The molecule has 0 saturated heterocycles. The van der Waals surface area contributed by atoms with Gasteiger partial charge in [-0.1, -0.05) is 60.7 Å². The van der Waals surface area contributed by atoms with Crippen LogP contribution >= 0.6 is 0 Å². The third-order valence-electron chi connectivity index (χ3n) is 4.67. The maximum atomic E-state index is 5.41. The van der Waals surface area contributed by atoms with E-state index in [1.54, 1.807) is 26.5 Å². The van der Waals surface area contributed by atoms with Crippen LogP contribution in [0.1, 0.15) is 5.56 Å². The van der Waals surface area contributed by atoms with Gasteiger partial charge in [0.25, 0.3) is 0 Å². The van der Waals surface area contributed by atoms with Crippen molar-refractivity contribution in [3.05, 3.63) is 90.5 Å². The predicted molar refractivity (Wildman–Crippen MR) is 124 cm³/mol. The van der Waals surface area contributed by atoms with Crippen molar-refractivity contribution in [2.24, 2.45) is 5.10 Å². The van der Waals surface area contributed by atoms with Gasteiger partial charge in [0.2, 0.25) is 5.95 Å². The Hall–Kier alpha value is -4.19. The van der Waals surface area contributed by atoms with Gasteiger partial charge in [-0.2, -0.15) is 5.10 Å². The van der Waals surface area contributed by atoms with E-state index in [0.717, 1.165) is 28.1 Å². The van der Waals surface area contributed by atoms with Crippen LogP contribution in [0, 0.1) is 0 Å². The molecule has 6 nitrogen and oxygen atoms in total. The van der Waals surface area contributed by atoms with Crippen LogP contribution in [0.2, 0.25) is 0 Å². The SMILES string of the molecule is COc1ccc(/C=N\Nc2nc(-c3ccccc3)cc(-c3ccccc3)n2)c(OC)c1. The van der Waals surface area contributed by atoms with Gasteiger partial charge >= 0.3 is 0 Å². The van der Waals surface area contributed by atoms with Gasteiger partial charge in [0.05, 0.1) is 31.8 Å². The molecule has 0 radical (unpaired) electrons. The number of hydrogen-bond acceptors (Lipinski definition) is 6. The molecule has 0 aliphatic carbocycles. The molecule has 4 aromatic rings. The number of methoxy groups -OCH3 is 2. The largest absolute Gasteiger partial charge is 0.497 e. The minimum absolute atomic E-state index is 0.406. The molecule has 0 aliphatic heterocycles. The van der Waals surface area contributed by atoms with E-state index in [1.807, 2.05) is 78.9 Å². The second-order valence-corrected chi connectivity index (χ2v) is 6.67. The maximum absolute atomic E-state index is 5.41. The van der Waals surface area contributed by atoms with Gasteiger partial charge in [-0.25, -0.2) is 15.4 Å². The molecule has 0 spiro atoms. The Morgan fingerprint density at radius 2 is 1.35 bits per heavy atom. The maximum Gasteiger partial charge on any atom is 0.244 e. The Morgan fingerprint density at radius 3 is 1.90 bits per heavy atom. The average molecular weight is 410 g/mol. The van der Waals surface area contributed by atoms with E-state index in [0.29, 0.717) is 17.4 Å².